The third-order valence-electron chi connectivity index (χ3n) is 6.36. The van der Waals surface area contributed by atoms with Gasteiger partial charge in [-0.1, -0.05) is 46.4 Å². The van der Waals surface area contributed by atoms with Crippen LogP contribution < -0.4 is 14.5 Å². The molecule has 4 rings (SSSR count). The minimum absolute atomic E-state index is 0.0591. The van der Waals surface area contributed by atoms with Crippen molar-refractivity contribution in [2.24, 2.45) is 5.10 Å². The molecule has 2 atom stereocenters. The molecule has 0 aromatic heterocycles. The average molecular weight is 714 g/mol. The quantitative estimate of drug-likeness (QED) is 0.152. The Labute approximate surface area is 287 Å². The smallest absolute Gasteiger partial charge is 0.354 e. The van der Waals surface area contributed by atoms with Crippen molar-refractivity contribution < 1.29 is 38.1 Å². The maximum atomic E-state index is 12.5. The molecule has 0 amide bonds. The number of hydrogen-bond donors (Lipinski definition) is 0. The van der Waals surface area contributed by atoms with Crippen LogP contribution in [0.1, 0.15) is 34.1 Å². The summed E-state index contributed by atoms with van der Waals surface area (Å²) in [6.45, 7) is 7.10. The van der Waals surface area contributed by atoms with E-state index in [1.165, 1.54) is 12.1 Å². The zero-order chi connectivity index (χ0) is 34.0. The Morgan fingerprint density at radius 1 is 0.870 bits per heavy atom. The van der Waals surface area contributed by atoms with Crippen molar-refractivity contribution in [2.75, 3.05) is 25.3 Å². The van der Waals surface area contributed by atoms with Gasteiger partial charge < -0.3 is 23.7 Å². The van der Waals surface area contributed by atoms with Gasteiger partial charge >= 0.3 is 17.9 Å². The van der Waals surface area contributed by atoms with E-state index in [2.05, 4.69) is 9.84 Å². The van der Waals surface area contributed by atoms with E-state index in [9.17, 15) is 14.4 Å². The molecule has 46 heavy (non-hydrogen) atoms. The largest absolute Gasteiger partial charge is 0.479 e. The standard InChI is InChI=1S/C16H18Cl2N2O4.C16H14Cl2O4/c1-4-23-14(21)12-9-16(3,15(22)24-5-2)20(19-12)13-7-6-10(17)8-11(13)18;1-10(16(19)20-2)21-12-4-6-13(7-5-12)22-15-8-3-11(17)9-14(15)18/h6-8H,4-5,9H2,1-3H3;3-10H,1-2H3. The number of carbonyl (C=O) groups excluding carboxylic acids is 3. The van der Waals surface area contributed by atoms with Gasteiger partial charge in [-0.3, -0.25) is 0 Å². The molecule has 1 heterocycles. The molecule has 14 heteroatoms. The molecule has 0 fully saturated rings. The van der Waals surface area contributed by atoms with Gasteiger partial charge in [-0.2, -0.15) is 5.10 Å². The third-order valence-corrected chi connectivity index (χ3v) is 7.42. The Kier molecular flexibility index (Phi) is 13.4. The van der Waals surface area contributed by atoms with E-state index in [0.717, 1.165) is 0 Å². The van der Waals surface area contributed by atoms with E-state index in [1.54, 1.807) is 88.4 Å². The third kappa shape index (κ3) is 9.42. The Bertz CT molecular complexity index is 1580. The zero-order valence-corrected chi connectivity index (χ0v) is 28.7. The number of rotatable bonds is 10. The van der Waals surface area contributed by atoms with Gasteiger partial charge in [-0.15, -0.1) is 0 Å². The van der Waals surface area contributed by atoms with Crippen molar-refractivity contribution in [3.63, 3.8) is 0 Å². The number of halogens is 4. The molecule has 3 aromatic rings. The lowest BCUT2D eigenvalue weighted by Crippen LogP contribution is -2.48. The molecule has 3 aromatic carbocycles. The minimum Gasteiger partial charge on any atom is -0.479 e. The van der Waals surface area contributed by atoms with E-state index >= 15 is 0 Å². The topological polar surface area (TPSA) is 113 Å². The van der Waals surface area contributed by atoms with Crippen molar-refractivity contribution in [3.05, 3.63) is 80.8 Å². The number of esters is 3. The SMILES string of the molecule is CCOC(=O)C1=NN(c2ccc(Cl)cc2Cl)C(C)(C(=O)OCC)C1.COC(=O)C(C)Oc1ccc(Oc2ccc(Cl)cc2Cl)cc1. The molecule has 1 aliphatic rings. The van der Waals surface area contributed by atoms with Crippen LogP contribution in [0.15, 0.2) is 65.8 Å². The summed E-state index contributed by atoms with van der Waals surface area (Å²) >= 11 is 24.0. The summed E-state index contributed by atoms with van der Waals surface area (Å²) in [5, 5.41) is 7.40. The van der Waals surface area contributed by atoms with Crippen molar-refractivity contribution in [2.45, 2.75) is 45.8 Å². The predicted octanol–water partition coefficient (Wildman–Crippen LogP) is 8.17. The Morgan fingerprint density at radius 3 is 2.02 bits per heavy atom. The first-order valence-electron chi connectivity index (χ1n) is 14.0. The normalized spacial score (nSPS) is 15.9. The van der Waals surface area contributed by atoms with Crippen LogP contribution in [0.2, 0.25) is 20.1 Å². The molecule has 0 bridgehead atoms. The number of methoxy groups -OCH3 is 1. The molecule has 0 saturated heterocycles. The first kappa shape index (κ1) is 36.8. The van der Waals surface area contributed by atoms with Crippen LogP contribution in [0.5, 0.6) is 17.2 Å². The molecule has 0 aliphatic carbocycles. The molecular weight excluding hydrogens is 682 g/mol. The molecule has 1 aliphatic heterocycles. The monoisotopic (exact) mass is 712 g/mol. The van der Waals surface area contributed by atoms with E-state index < -0.39 is 29.6 Å². The summed E-state index contributed by atoms with van der Waals surface area (Å²) in [6.07, 6.45) is -0.619. The summed E-state index contributed by atoms with van der Waals surface area (Å²) in [5.74, 6) is 0.116. The number of carbonyl (C=O) groups is 3. The molecule has 2 unspecified atom stereocenters. The van der Waals surface area contributed by atoms with Crippen LogP contribution in [0.25, 0.3) is 0 Å². The van der Waals surface area contributed by atoms with Crippen LogP contribution in [-0.2, 0) is 28.6 Å². The number of nitrogens with zero attached hydrogens (tertiary/aromatic N) is 2. The highest BCUT2D eigenvalue weighted by atomic mass is 35.5. The Hall–Kier alpha value is -3.70. The summed E-state index contributed by atoms with van der Waals surface area (Å²) < 4.78 is 25.8. The lowest BCUT2D eigenvalue weighted by Gasteiger charge is -2.32. The lowest BCUT2D eigenvalue weighted by atomic mass is 9.95. The number of benzene rings is 3. The van der Waals surface area contributed by atoms with E-state index in [4.69, 9.17) is 65.4 Å². The van der Waals surface area contributed by atoms with Gasteiger partial charge in [0, 0.05) is 16.5 Å². The van der Waals surface area contributed by atoms with Crippen LogP contribution in [0.4, 0.5) is 5.69 Å². The Balaban J connectivity index is 0.000000251. The summed E-state index contributed by atoms with van der Waals surface area (Å²) in [7, 11) is 1.31. The van der Waals surface area contributed by atoms with E-state index in [1.807, 2.05) is 0 Å². The van der Waals surface area contributed by atoms with Crippen molar-refractivity contribution in [1.82, 2.24) is 0 Å². The van der Waals surface area contributed by atoms with Gasteiger partial charge in [-0.25, -0.2) is 19.4 Å². The minimum atomic E-state index is -1.20. The summed E-state index contributed by atoms with van der Waals surface area (Å²) in [5.41, 5.74) is -0.607. The van der Waals surface area contributed by atoms with Crippen LogP contribution in [0, 0.1) is 0 Å². The maximum absolute atomic E-state index is 12.5. The van der Waals surface area contributed by atoms with Gasteiger partial charge in [-0.05, 0) is 88.4 Å². The van der Waals surface area contributed by atoms with E-state index in [-0.39, 0.29) is 25.3 Å². The van der Waals surface area contributed by atoms with Gasteiger partial charge in [0.1, 0.15) is 23.0 Å². The maximum Gasteiger partial charge on any atom is 0.354 e. The van der Waals surface area contributed by atoms with Gasteiger partial charge in [0.05, 0.1) is 36.1 Å². The second-order valence-corrected chi connectivity index (χ2v) is 11.5. The Morgan fingerprint density at radius 2 is 1.46 bits per heavy atom. The number of hydrogen-bond acceptors (Lipinski definition) is 10. The predicted molar refractivity (Wildman–Crippen MR) is 178 cm³/mol. The summed E-state index contributed by atoms with van der Waals surface area (Å²) in [4.78, 5) is 35.8. The first-order chi connectivity index (χ1) is 21.8. The molecule has 0 N–H and O–H groups in total. The van der Waals surface area contributed by atoms with Gasteiger partial charge in [0.25, 0.3) is 0 Å². The number of hydrazone groups is 1. The van der Waals surface area contributed by atoms with Crippen molar-refractivity contribution in [3.8, 4) is 17.2 Å². The molecular formula is C32H32Cl4N2O8. The second-order valence-electron chi connectivity index (χ2n) is 9.78. The fourth-order valence-corrected chi connectivity index (χ4v) is 5.04. The molecule has 246 valence electrons. The highest BCUT2D eigenvalue weighted by molar-refractivity contribution is 6.39. The number of anilines is 1. The van der Waals surface area contributed by atoms with Crippen LogP contribution in [-0.4, -0.2) is 55.6 Å². The van der Waals surface area contributed by atoms with Gasteiger partial charge in [0.15, 0.2) is 11.6 Å². The fraction of sp³-hybridized carbons (Fsp3) is 0.312. The van der Waals surface area contributed by atoms with Crippen LogP contribution >= 0.6 is 46.4 Å². The molecule has 10 nitrogen and oxygen atoms in total. The summed E-state index contributed by atoms with van der Waals surface area (Å²) in [6, 6.07) is 16.6. The molecule has 0 radical (unpaired) electrons. The lowest BCUT2D eigenvalue weighted by molar-refractivity contribution is -0.149. The highest BCUT2D eigenvalue weighted by Gasteiger charge is 2.49. The average Bonchev–Trinajstić information content (AvgIpc) is 3.38. The fourth-order valence-electron chi connectivity index (χ4n) is 4.10. The van der Waals surface area contributed by atoms with Crippen molar-refractivity contribution in [1.29, 1.82) is 0 Å². The van der Waals surface area contributed by atoms with E-state index in [0.29, 0.717) is 43.0 Å². The highest BCUT2D eigenvalue weighted by Crippen LogP contribution is 2.39. The second kappa shape index (κ2) is 16.7. The number of ether oxygens (including phenoxy) is 5. The van der Waals surface area contributed by atoms with Gasteiger partial charge in [0.2, 0.25) is 0 Å². The first-order valence-corrected chi connectivity index (χ1v) is 15.5. The zero-order valence-electron chi connectivity index (χ0n) is 25.6. The van der Waals surface area contributed by atoms with Crippen molar-refractivity contribution >= 4 is 75.7 Å². The molecule has 0 saturated carbocycles. The van der Waals surface area contributed by atoms with Crippen LogP contribution in [0.3, 0.4) is 0 Å². The molecule has 0 spiro atoms.